The summed E-state index contributed by atoms with van der Waals surface area (Å²) < 4.78 is 57.1. The summed E-state index contributed by atoms with van der Waals surface area (Å²) in [4.78, 5) is 0. The Bertz CT molecular complexity index is 610. The van der Waals surface area contributed by atoms with Crippen molar-refractivity contribution in [2.24, 2.45) is 11.8 Å². The molecule has 0 spiro atoms. The van der Waals surface area contributed by atoms with Crippen molar-refractivity contribution in [3.63, 3.8) is 0 Å². The van der Waals surface area contributed by atoms with Crippen LogP contribution in [-0.2, 0) is 12.3 Å². The number of fused-ring (bicyclic) bond motifs is 1. The number of alkyl halides is 2. The van der Waals surface area contributed by atoms with Crippen molar-refractivity contribution in [1.82, 2.24) is 0 Å². The van der Waals surface area contributed by atoms with Crippen LogP contribution in [0.3, 0.4) is 0 Å². The highest BCUT2D eigenvalue weighted by Crippen LogP contribution is 2.49. The summed E-state index contributed by atoms with van der Waals surface area (Å²) >= 11 is 0. The van der Waals surface area contributed by atoms with Crippen molar-refractivity contribution >= 4 is 0 Å². The van der Waals surface area contributed by atoms with Crippen LogP contribution in [0.4, 0.5) is 17.6 Å². The molecule has 1 aromatic carbocycles. The maximum atomic E-state index is 14.9. The minimum absolute atomic E-state index is 0.00412. The van der Waals surface area contributed by atoms with Gasteiger partial charge in [-0.1, -0.05) is 31.9 Å². The van der Waals surface area contributed by atoms with Crippen LogP contribution in [0, 0.1) is 23.5 Å². The molecule has 2 aliphatic rings. The molecule has 4 heteroatoms. The van der Waals surface area contributed by atoms with E-state index in [4.69, 9.17) is 0 Å². The molecule has 1 aromatic rings. The van der Waals surface area contributed by atoms with Crippen LogP contribution < -0.4 is 0 Å². The van der Waals surface area contributed by atoms with Gasteiger partial charge in [0.1, 0.15) is 0 Å². The predicted octanol–water partition coefficient (Wildman–Crippen LogP) is 6.15. The summed E-state index contributed by atoms with van der Waals surface area (Å²) in [5.74, 6) is -5.58. The number of rotatable bonds is 3. The van der Waals surface area contributed by atoms with Gasteiger partial charge < -0.3 is 0 Å². The molecule has 0 nitrogen and oxygen atoms in total. The molecule has 0 radical (unpaired) electrons. The van der Waals surface area contributed by atoms with Crippen molar-refractivity contribution in [1.29, 1.82) is 0 Å². The first-order valence-corrected chi connectivity index (χ1v) is 8.50. The number of hydrogen-bond donors (Lipinski definition) is 0. The van der Waals surface area contributed by atoms with Gasteiger partial charge in [0.2, 0.25) is 0 Å². The summed E-state index contributed by atoms with van der Waals surface area (Å²) in [5.41, 5.74) is -0.549. The monoisotopic (exact) mass is 326 g/mol. The van der Waals surface area contributed by atoms with Gasteiger partial charge in [-0.15, -0.1) is 0 Å². The first-order valence-electron chi connectivity index (χ1n) is 8.50. The summed E-state index contributed by atoms with van der Waals surface area (Å²) in [6, 6.07) is 2.20. The molecule has 0 unspecified atom stereocenters. The minimum Gasteiger partial charge on any atom is -0.204 e. The highest BCUT2D eigenvalue weighted by atomic mass is 19.3. The summed E-state index contributed by atoms with van der Waals surface area (Å²) in [7, 11) is 0. The van der Waals surface area contributed by atoms with E-state index in [9.17, 15) is 17.6 Å². The standard InChI is InChI=1S/C19H22F4/c1-2-3-12-4-6-13(7-5-12)15-10-8-14-9-11-16(20)18(21)17(14)19(15,22)23/h9-13H,2-8H2,1H3. The maximum absolute atomic E-state index is 14.9. The van der Waals surface area contributed by atoms with E-state index in [1.54, 1.807) is 6.08 Å². The molecule has 0 atom stereocenters. The highest BCUT2D eigenvalue weighted by molar-refractivity contribution is 5.44. The fourth-order valence-corrected chi connectivity index (χ4v) is 4.19. The zero-order valence-electron chi connectivity index (χ0n) is 13.3. The molecule has 0 N–H and O–H groups in total. The van der Waals surface area contributed by atoms with Gasteiger partial charge >= 0.3 is 0 Å². The molecule has 1 fully saturated rings. The lowest BCUT2D eigenvalue weighted by Gasteiger charge is -2.36. The predicted molar refractivity (Wildman–Crippen MR) is 82.4 cm³/mol. The molecule has 23 heavy (non-hydrogen) atoms. The second-order valence-corrected chi connectivity index (χ2v) is 6.84. The van der Waals surface area contributed by atoms with E-state index in [0.717, 1.165) is 44.6 Å². The maximum Gasteiger partial charge on any atom is 0.298 e. The lowest BCUT2D eigenvalue weighted by atomic mass is 9.72. The Labute approximate surface area is 134 Å². The van der Waals surface area contributed by atoms with Crippen LogP contribution in [0.25, 0.3) is 0 Å². The molecule has 0 aromatic heterocycles. The zero-order chi connectivity index (χ0) is 16.6. The van der Waals surface area contributed by atoms with Gasteiger partial charge in [-0.2, -0.15) is 8.78 Å². The quantitative estimate of drug-likeness (QED) is 0.462. The van der Waals surface area contributed by atoms with E-state index in [1.807, 2.05) is 0 Å². The van der Waals surface area contributed by atoms with Gasteiger partial charge in [0.25, 0.3) is 5.92 Å². The van der Waals surface area contributed by atoms with E-state index in [2.05, 4.69) is 6.92 Å². The topological polar surface area (TPSA) is 0 Å². The number of hydrogen-bond acceptors (Lipinski definition) is 0. The Morgan fingerprint density at radius 2 is 1.78 bits per heavy atom. The molecule has 3 rings (SSSR count). The molecule has 0 heterocycles. The smallest absolute Gasteiger partial charge is 0.204 e. The first-order chi connectivity index (χ1) is 10.9. The van der Waals surface area contributed by atoms with Gasteiger partial charge in [-0.25, -0.2) is 8.78 Å². The third-order valence-electron chi connectivity index (χ3n) is 5.38. The molecular formula is C19H22F4. The molecule has 0 bridgehead atoms. The molecule has 1 saturated carbocycles. The number of allylic oxidation sites excluding steroid dienone is 2. The largest absolute Gasteiger partial charge is 0.298 e. The number of halogens is 4. The Morgan fingerprint density at radius 1 is 1.09 bits per heavy atom. The lowest BCUT2D eigenvalue weighted by Crippen LogP contribution is -2.31. The van der Waals surface area contributed by atoms with Gasteiger partial charge in [0.15, 0.2) is 11.6 Å². The van der Waals surface area contributed by atoms with Gasteiger partial charge in [-0.05, 0) is 55.6 Å². The van der Waals surface area contributed by atoms with Crippen LogP contribution in [-0.4, -0.2) is 0 Å². The average Bonchev–Trinajstić information content (AvgIpc) is 2.52. The molecule has 0 aliphatic heterocycles. The lowest BCUT2D eigenvalue weighted by molar-refractivity contribution is 0.0140. The number of benzene rings is 1. The van der Waals surface area contributed by atoms with Crippen molar-refractivity contribution in [2.75, 3.05) is 0 Å². The van der Waals surface area contributed by atoms with E-state index in [-0.39, 0.29) is 23.5 Å². The summed E-state index contributed by atoms with van der Waals surface area (Å²) in [6.45, 7) is 2.14. The van der Waals surface area contributed by atoms with Crippen molar-refractivity contribution in [2.45, 2.75) is 57.8 Å². The molecule has 2 aliphatic carbocycles. The van der Waals surface area contributed by atoms with Crippen molar-refractivity contribution in [3.8, 4) is 0 Å². The van der Waals surface area contributed by atoms with Crippen LogP contribution >= 0.6 is 0 Å². The fraction of sp³-hybridized carbons (Fsp3) is 0.579. The normalized spacial score (nSPS) is 26.6. The second kappa shape index (κ2) is 6.29. The molecule has 0 saturated heterocycles. The van der Waals surface area contributed by atoms with Crippen LogP contribution in [0.1, 0.15) is 56.6 Å². The van der Waals surface area contributed by atoms with E-state index >= 15 is 0 Å². The average molecular weight is 326 g/mol. The Kier molecular flexibility index (Phi) is 4.52. The van der Waals surface area contributed by atoms with Crippen LogP contribution in [0.15, 0.2) is 23.8 Å². The van der Waals surface area contributed by atoms with Crippen LogP contribution in [0.2, 0.25) is 0 Å². The zero-order valence-corrected chi connectivity index (χ0v) is 13.3. The third-order valence-corrected chi connectivity index (χ3v) is 5.38. The van der Waals surface area contributed by atoms with Crippen molar-refractivity contribution < 1.29 is 17.6 Å². The minimum atomic E-state index is -3.40. The molecule has 0 amide bonds. The molecular weight excluding hydrogens is 304 g/mol. The Balaban J connectivity index is 1.85. The van der Waals surface area contributed by atoms with Crippen LogP contribution in [0.5, 0.6) is 0 Å². The third kappa shape index (κ3) is 2.92. The SMILES string of the molecule is CCCC1CCC(C2=CCc3ccc(F)c(F)c3C2(F)F)CC1. The molecule has 126 valence electrons. The van der Waals surface area contributed by atoms with Gasteiger partial charge in [-0.3, -0.25) is 0 Å². The van der Waals surface area contributed by atoms with E-state index in [0.29, 0.717) is 5.92 Å². The van der Waals surface area contributed by atoms with E-state index in [1.165, 1.54) is 6.07 Å². The summed E-state index contributed by atoms with van der Waals surface area (Å²) in [6.07, 6.45) is 7.40. The highest BCUT2D eigenvalue weighted by Gasteiger charge is 2.46. The van der Waals surface area contributed by atoms with Gasteiger partial charge in [0.05, 0.1) is 5.56 Å². The fourth-order valence-electron chi connectivity index (χ4n) is 4.19. The van der Waals surface area contributed by atoms with Gasteiger partial charge in [0, 0.05) is 5.57 Å². The summed E-state index contributed by atoms with van der Waals surface area (Å²) in [5, 5.41) is 0. The Morgan fingerprint density at radius 3 is 2.43 bits per heavy atom. The Hall–Kier alpha value is -1.32. The van der Waals surface area contributed by atoms with E-state index < -0.39 is 23.1 Å². The first kappa shape index (κ1) is 16.5. The van der Waals surface area contributed by atoms with Crippen molar-refractivity contribution in [3.05, 3.63) is 46.5 Å². The second-order valence-electron chi connectivity index (χ2n) is 6.84.